The van der Waals surface area contributed by atoms with Gasteiger partial charge in [0.15, 0.2) is 0 Å². The zero-order chi connectivity index (χ0) is 17.4. The molecule has 0 heterocycles. The third-order valence-corrected chi connectivity index (χ3v) is 5.43. The molecule has 0 aliphatic heterocycles. The smallest absolute Gasteiger partial charge is 0.238 e. The van der Waals surface area contributed by atoms with Crippen LogP contribution >= 0.6 is 11.8 Å². The number of rotatable bonds is 8. The van der Waals surface area contributed by atoms with Gasteiger partial charge in [0, 0.05) is 11.4 Å². The maximum Gasteiger partial charge on any atom is 0.238 e. The van der Waals surface area contributed by atoms with Gasteiger partial charge in [-0.2, -0.15) is 0 Å². The highest BCUT2D eigenvalue weighted by atomic mass is 32.2. The Morgan fingerprint density at radius 1 is 1.33 bits per heavy atom. The zero-order valence-electron chi connectivity index (χ0n) is 15.1. The van der Waals surface area contributed by atoms with Crippen LogP contribution in [0.1, 0.15) is 32.6 Å². The van der Waals surface area contributed by atoms with Crippen molar-refractivity contribution < 1.29 is 9.53 Å². The van der Waals surface area contributed by atoms with Crippen LogP contribution in [0, 0.1) is 5.92 Å². The first-order valence-corrected chi connectivity index (χ1v) is 10.1. The molecule has 1 aliphatic rings. The molecule has 1 N–H and O–H groups in total. The summed E-state index contributed by atoms with van der Waals surface area (Å²) in [6.45, 7) is 4.14. The molecule has 4 nitrogen and oxygen atoms in total. The number of carbonyl (C=O) groups is 1. The van der Waals surface area contributed by atoms with Gasteiger partial charge in [0.25, 0.3) is 0 Å². The van der Waals surface area contributed by atoms with Gasteiger partial charge in [0.05, 0.1) is 24.9 Å². The molecule has 0 radical (unpaired) electrons. The van der Waals surface area contributed by atoms with E-state index >= 15 is 0 Å². The Morgan fingerprint density at radius 2 is 2.08 bits per heavy atom. The zero-order valence-corrected chi connectivity index (χ0v) is 15.9. The number of nitrogens with one attached hydrogen (secondary N) is 1. The summed E-state index contributed by atoms with van der Waals surface area (Å²) in [4.78, 5) is 15.3. The van der Waals surface area contributed by atoms with Crippen molar-refractivity contribution >= 4 is 23.4 Å². The molecular weight excluding hydrogens is 320 g/mol. The second-order valence-electron chi connectivity index (χ2n) is 6.66. The maximum atomic E-state index is 12.2. The van der Waals surface area contributed by atoms with E-state index in [1.807, 2.05) is 42.5 Å². The van der Waals surface area contributed by atoms with Crippen molar-refractivity contribution in [2.75, 3.05) is 38.3 Å². The first kappa shape index (κ1) is 19.3. The van der Waals surface area contributed by atoms with Crippen molar-refractivity contribution in [3.63, 3.8) is 0 Å². The minimum atomic E-state index is 0.0186. The van der Waals surface area contributed by atoms with Crippen molar-refractivity contribution in [1.82, 2.24) is 4.90 Å². The molecule has 0 bridgehead atoms. The number of nitrogens with zero attached hydrogens (tertiary/aromatic N) is 1. The highest BCUT2D eigenvalue weighted by molar-refractivity contribution is 7.98. The summed E-state index contributed by atoms with van der Waals surface area (Å²) in [5.41, 5.74) is 0.885. The van der Waals surface area contributed by atoms with E-state index in [0.29, 0.717) is 25.2 Å². The van der Waals surface area contributed by atoms with Crippen LogP contribution in [0.3, 0.4) is 0 Å². The van der Waals surface area contributed by atoms with E-state index in [4.69, 9.17) is 4.74 Å². The van der Waals surface area contributed by atoms with Crippen molar-refractivity contribution in [2.45, 2.75) is 43.6 Å². The van der Waals surface area contributed by atoms with Crippen LogP contribution in [-0.4, -0.2) is 49.9 Å². The molecule has 134 valence electrons. The Morgan fingerprint density at radius 3 is 2.83 bits per heavy atom. The third kappa shape index (κ3) is 6.11. The van der Waals surface area contributed by atoms with Crippen LogP contribution in [0.15, 0.2) is 29.2 Å². The van der Waals surface area contributed by atoms with E-state index in [1.165, 1.54) is 25.7 Å². The molecule has 1 amide bonds. The van der Waals surface area contributed by atoms with E-state index in [9.17, 15) is 4.79 Å². The van der Waals surface area contributed by atoms with E-state index in [1.54, 1.807) is 11.8 Å². The topological polar surface area (TPSA) is 41.6 Å². The van der Waals surface area contributed by atoms with Crippen LogP contribution in [0.25, 0.3) is 0 Å². The van der Waals surface area contributed by atoms with E-state index in [-0.39, 0.29) is 5.91 Å². The molecule has 24 heavy (non-hydrogen) atoms. The van der Waals surface area contributed by atoms with Gasteiger partial charge >= 0.3 is 0 Å². The maximum absolute atomic E-state index is 12.2. The number of ether oxygens (including phenoxy) is 1. The van der Waals surface area contributed by atoms with Crippen LogP contribution in [-0.2, 0) is 9.53 Å². The Hall–Kier alpha value is -1.04. The van der Waals surface area contributed by atoms with Gasteiger partial charge < -0.3 is 10.1 Å². The molecule has 1 aromatic carbocycles. The van der Waals surface area contributed by atoms with Gasteiger partial charge in [-0.25, -0.2) is 0 Å². The predicted molar refractivity (Wildman–Crippen MR) is 102 cm³/mol. The summed E-state index contributed by atoms with van der Waals surface area (Å²) in [5, 5.41) is 3.00. The monoisotopic (exact) mass is 350 g/mol. The number of likely N-dealkylation sites (N-methyl/N-ethyl adjacent to an activating group) is 1. The van der Waals surface area contributed by atoms with E-state index in [2.05, 4.69) is 12.2 Å². The second kappa shape index (κ2) is 10.1. The summed E-state index contributed by atoms with van der Waals surface area (Å²) in [7, 11) is 1.97. The summed E-state index contributed by atoms with van der Waals surface area (Å²) in [5.74, 6) is 0.681. The normalized spacial score (nSPS) is 21.0. The van der Waals surface area contributed by atoms with Crippen molar-refractivity contribution in [1.29, 1.82) is 0 Å². The number of anilines is 1. The summed E-state index contributed by atoms with van der Waals surface area (Å²) in [6, 6.07) is 7.88. The first-order chi connectivity index (χ1) is 11.6. The van der Waals surface area contributed by atoms with Gasteiger partial charge in [0.2, 0.25) is 5.91 Å². The minimum absolute atomic E-state index is 0.0186. The first-order valence-electron chi connectivity index (χ1n) is 8.83. The molecule has 2 rings (SSSR count). The minimum Gasteiger partial charge on any atom is -0.377 e. The highest BCUT2D eigenvalue weighted by Crippen LogP contribution is 2.26. The fourth-order valence-corrected chi connectivity index (χ4v) is 3.71. The quantitative estimate of drug-likeness (QED) is 0.723. The van der Waals surface area contributed by atoms with Gasteiger partial charge in [-0.3, -0.25) is 9.69 Å². The lowest BCUT2D eigenvalue weighted by atomic mass is 9.88. The number of amides is 1. The Balaban J connectivity index is 1.69. The number of para-hydroxylation sites is 1. The average molecular weight is 351 g/mol. The van der Waals surface area contributed by atoms with Gasteiger partial charge in [-0.1, -0.05) is 31.9 Å². The molecule has 0 aromatic heterocycles. The average Bonchev–Trinajstić information content (AvgIpc) is 2.57. The summed E-state index contributed by atoms with van der Waals surface area (Å²) >= 11 is 1.64. The Bertz CT molecular complexity index is 524. The molecule has 1 saturated carbocycles. The standard InChI is InChI=1S/C19H30N2O2S/c1-15-8-4-6-10-17(15)23-13-12-21(2)14-19(22)20-16-9-5-7-11-18(16)24-3/h5,7,9,11,15,17H,4,6,8,10,12-14H2,1-3H3,(H,20,22)/t15-,17-/m1/s1. The molecule has 2 atom stereocenters. The molecule has 1 fully saturated rings. The number of hydrogen-bond donors (Lipinski definition) is 1. The molecule has 0 unspecified atom stereocenters. The lowest BCUT2D eigenvalue weighted by Crippen LogP contribution is -2.34. The fraction of sp³-hybridized carbons (Fsp3) is 0.632. The lowest BCUT2D eigenvalue weighted by molar-refractivity contribution is -0.117. The predicted octanol–water partition coefficient (Wildman–Crippen LogP) is 3.87. The largest absolute Gasteiger partial charge is 0.377 e. The van der Waals surface area contributed by atoms with Crippen LogP contribution < -0.4 is 5.32 Å². The molecule has 5 heteroatoms. The molecular formula is C19H30N2O2S. The van der Waals surface area contributed by atoms with Crippen LogP contribution in [0.5, 0.6) is 0 Å². The molecule has 1 aliphatic carbocycles. The Kier molecular flexibility index (Phi) is 8.09. The molecule has 0 saturated heterocycles. The molecule has 0 spiro atoms. The third-order valence-electron chi connectivity index (χ3n) is 4.63. The number of hydrogen-bond acceptors (Lipinski definition) is 4. The fourth-order valence-electron chi connectivity index (χ4n) is 3.15. The SMILES string of the molecule is CSc1ccccc1NC(=O)CN(C)CCO[C@@H]1CCCC[C@H]1C. The number of benzene rings is 1. The van der Waals surface area contributed by atoms with Gasteiger partial charge in [-0.05, 0) is 44.2 Å². The Labute approximate surface area is 150 Å². The van der Waals surface area contributed by atoms with Crippen LogP contribution in [0.4, 0.5) is 5.69 Å². The van der Waals surface area contributed by atoms with Gasteiger partial charge in [-0.15, -0.1) is 11.8 Å². The summed E-state index contributed by atoms with van der Waals surface area (Å²) < 4.78 is 6.03. The lowest BCUT2D eigenvalue weighted by Gasteiger charge is -2.29. The number of carbonyl (C=O) groups excluding carboxylic acids is 1. The van der Waals surface area contributed by atoms with Gasteiger partial charge in [0.1, 0.15) is 0 Å². The van der Waals surface area contributed by atoms with Crippen LogP contribution in [0.2, 0.25) is 0 Å². The number of thioether (sulfide) groups is 1. The van der Waals surface area contributed by atoms with E-state index in [0.717, 1.165) is 17.1 Å². The van der Waals surface area contributed by atoms with E-state index < -0.39 is 0 Å². The van der Waals surface area contributed by atoms with Crippen molar-refractivity contribution in [3.05, 3.63) is 24.3 Å². The van der Waals surface area contributed by atoms with Crippen molar-refractivity contribution in [3.8, 4) is 0 Å². The molecule has 1 aromatic rings. The summed E-state index contributed by atoms with van der Waals surface area (Å²) in [6.07, 6.45) is 7.48. The highest BCUT2D eigenvalue weighted by Gasteiger charge is 2.21. The second-order valence-corrected chi connectivity index (χ2v) is 7.51. The van der Waals surface area contributed by atoms with Crippen molar-refractivity contribution in [2.24, 2.45) is 5.92 Å².